The van der Waals surface area contributed by atoms with E-state index in [0.29, 0.717) is 30.6 Å². The van der Waals surface area contributed by atoms with E-state index in [1.807, 2.05) is 0 Å². The van der Waals surface area contributed by atoms with Crippen LogP contribution in [0.3, 0.4) is 0 Å². The lowest BCUT2D eigenvalue weighted by atomic mass is 10.2. The number of carbonyl (C=O) groups is 1. The Hall–Kier alpha value is -1.10. The van der Waals surface area contributed by atoms with Crippen molar-refractivity contribution in [1.82, 2.24) is 15.5 Å². The van der Waals surface area contributed by atoms with Gasteiger partial charge in [-0.25, -0.2) is 0 Å². The van der Waals surface area contributed by atoms with E-state index in [-0.39, 0.29) is 5.91 Å². The average molecular weight is 232 g/mol. The highest BCUT2D eigenvalue weighted by molar-refractivity contribution is 6.17. The Labute approximate surface area is 93.2 Å². The summed E-state index contributed by atoms with van der Waals surface area (Å²) in [5, 5.41) is 6.31. The minimum Gasteiger partial charge on any atom is -0.347 e. The quantitative estimate of drug-likeness (QED) is 0.594. The summed E-state index contributed by atoms with van der Waals surface area (Å²) in [6.07, 6.45) is 2.15. The van der Waals surface area contributed by atoms with Crippen molar-refractivity contribution in [3.8, 4) is 0 Å². The van der Waals surface area contributed by atoms with Crippen LogP contribution in [0.25, 0.3) is 0 Å². The molecule has 84 valence electrons. The predicted octanol–water partition coefficient (Wildman–Crippen LogP) is 1.40. The van der Waals surface area contributed by atoms with Crippen molar-refractivity contribution in [3.63, 3.8) is 0 Å². The largest absolute Gasteiger partial charge is 0.347 e. The van der Waals surface area contributed by atoms with Crippen LogP contribution in [-0.2, 0) is 11.3 Å². The van der Waals surface area contributed by atoms with Gasteiger partial charge in [-0.05, 0) is 19.8 Å². The zero-order valence-electron chi connectivity index (χ0n) is 8.62. The van der Waals surface area contributed by atoms with Crippen LogP contribution >= 0.6 is 11.6 Å². The highest BCUT2D eigenvalue weighted by Crippen LogP contribution is 1.98. The summed E-state index contributed by atoms with van der Waals surface area (Å²) in [5.74, 6) is 1.58. The first-order valence-electron chi connectivity index (χ1n) is 4.84. The molecule has 1 aromatic heterocycles. The van der Waals surface area contributed by atoms with Gasteiger partial charge in [-0.2, -0.15) is 4.98 Å². The molecule has 0 radical (unpaired) electrons. The van der Waals surface area contributed by atoms with Crippen molar-refractivity contribution in [2.45, 2.75) is 32.7 Å². The molecule has 0 saturated carbocycles. The Balaban J connectivity index is 2.16. The number of aryl methyl sites for hydroxylation is 1. The molecule has 0 spiro atoms. The zero-order chi connectivity index (χ0) is 11.1. The molecular weight excluding hydrogens is 218 g/mol. The Kier molecular flexibility index (Phi) is 5.10. The van der Waals surface area contributed by atoms with Crippen LogP contribution in [0.2, 0.25) is 0 Å². The standard InChI is InChI=1S/C9H14ClN3O2/c1-7-12-9(15-13-7)6-11-8(14)4-2-3-5-10/h2-6H2,1H3,(H,11,14). The number of hydrogen-bond acceptors (Lipinski definition) is 4. The number of carbonyl (C=O) groups excluding carboxylic acids is 1. The van der Waals surface area contributed by atoms with Crippen LogP contribution in [0.4, 0.5) is 0 Å². The molecule has 0 unspecified atom stereocenters. The molecule has 5 nitrogen and oxygen atoms in total. The molecule has 15 heavy (non-hydrogen) atoms. The zero-order valence-corrected chi connectivity index (χ0v) is 9.38. The normalized spacial score (nSPS) is 10.3. The SMILES string of the molecule is Cc1noc(CNC(=O)CCCCCl)n1. The number of aromatic nitrogens is 2. The smallest absolute Gasteiger partial charge is 0.246 e. The molecule has 1 aromatic rings. The Bertz CT molecular complexity index is 314. The Morgan fingerprint density at radius 2 is 2.33 bits per heavy atom. The van der Waals surface area contributed by atoms with Gasteiger partial charge >= 0.3 is 0 Å². The predicted molar refractivity (Wildman–Crippen MR) is 55.5 cm³/mol. The van der Waals surface area contributed by atoms with Gasteiger partial charge in [-0.1, -0.05) is 5.16 Å². The average Bonchev–Trinajstić information content (AvgIpc) is 2.62. The molecule has 0 bridgehead atoms. The first-order valence-corrected chi connectivity index (χ1v) is 5.37. The van der Waals surface area contributed by atoms with Crippen LogP contribution in [0.1, 0.15) is 31.0 Å². The third-order valence-electron chi connectivity index (χ3n) is 1.79. The number of hydrogen-bond donors (Lipinski definition) is 1. The second kappa shape index (κ2) is 6.40. The van der Waals surface area contributed by atoms with Crippen LogP contribution in [0.5, 0.6) is 0 Å². The minimum atomic E-state index is -0.0176. The van der Waals surface area contributed by atoms with Gasteiger partial charge in [0.15, 0.2) is 5.82 Å². The van der Waals surface area contributed by atoms with Crippen LogP contribution in [-0.4, -0.2) is 21.9 Å². The summed E-state index contributed by atoms with van der Waals surface area (Å²) >= 11 is 5.50. The van der Waals surface area contributed by atoms with Gasteiger partial charge in [-0.3, -0.25) is 4.79 Å². The van der Waals surface area contributed by atoms with Crippen molar-refractivity contribution in [2.75, 3.05) is 5.88 Å². The van der Waals surface area contributed by atoms with Gasteiger partial charge in [0, 0.05) is 12.3 Å². The fourth-order valence-electron chi connectivity index (χ4n) is 1.05. The minimum absolute atomic E-state index is 0.0176. The third kappa shape index (κ3) is 4.78. The van der Waals surface area contributed by atoms with Crippen molar-refractivity contribution in [3.05, 3.63) is 11.7 Å². The van der Waals surface area contributed by atoms with Crippen LogP contribution in [0.15, 0.2) is 4.52 Å². The molecule has 0 saturated heterocycles. The van der Waals surface area contributed by atoms with Gasteiger partial charge in [0.1, 0.15) is 0 Å². The second-order valence-corrected chi connectivity index (χ2v) is 3.54. The number of rotatable bonds is 6. The molecule has 1 amide bonds. The fourth-order valence-corrected chi connectivity index (χ4v) is 1.24. The topological polar surface area (TPSA) is 68.0 Å². The van der Waals surface area contributed by atoms with E-state index in [1.165, 1.54) is 0 Å². The highest BCUT2D eigenvalue weighted by Gasteiger charge is 2.05. The number of unbranched alkanes of at least 4 members (excludes halogenated alkanes) is 1. The highest BCUT2D eigenvalue weighted by atomic mass is 35.5. The maximum Gasteiger partial charge on any atom is 0.246 e. The van der Waals surface area contributed by atoms with E-state index >= 15 is 0 Å². The maximum absolute atomic E-state index is 11.3. The number of halogens is 1. The lowest BCUT2D eigenvalue weighted by Gasteiger charge is -2.00. The Morgan fingerprint density at radius 3 is 2.93 bits per heavy atom. The molecule has 1 N–H and O–H groups in total. The second-order valence-electron chi connectivity index (χ2n) is 3.16. The molecule has 6 heteroatoms. The molecule has 0 fully saturated rings. The number of nitrogens with one attached hydrogen (secondary N) is 1. The maximum atomic E-state index is 11.3. The van der Waals surface area contributed by atoms with Crippen molar-refractivity contribution >= 4 is 17.5 Å². The van der Waals surface area contributed by atoms with Crippen LogP contribution < -0.4 is 5.32 Å². The van der Waals surface area contributed by atoms with Gasteiger partial charge in [0.2, 0.25) is 11.8 Å². The van der Waals surface area contributed by atoms with E-state index in [4.69, 9.17) is 16.1 Å². The molecule has 1 heterocycles. The molecular formula is C9H14ClN3O2. The van der Waals surface area contributed by atoms with Crippen LogP contribution in [0, 0.1) is 6.92 Å². The van der Waals surface area contributed by atoms with Crippen molar-refractivity contribution in [1.29, 1.82) is 0 Å². The lowest BCUT2D eigenvalue weighted by molar-refractivity contribution is -0.121. The molecule has 0 aliphatic heterocycles. The summed E-state index contributed by atoms with van der Waals surface area (Å²) in [5.41, 5.74) is 0. The van der Waals surface area contributed by atoms with Gasteiger partial charge in [-0.15, -0.1) is 11.6 Å². The van der Waals surface area contributed by atoms with E-state index in [0.717, 1.165) is 12.8 Å². The molecule has 1 rings (SSSR count). The molecule has 0 aliphatic rings. The molecule has 0 aliphatic carbocycles. The fraction of sp³-hybridized carbons (Fsp3) is 0.667. The molecule has 0 atom stereocenters. The van der Waals surface area contributed by atoms with Crippen molar-refractivity contribution < 1.29 is 9.32 Å². The molecule has 0 aromatic carbocycles. The van der Waals surface area contributed by atoms with E-state index in [2.05, 4.69) is 15.5 Å². The number of amides is 1. The van der Waals surface area contributed by atoms with E-state index < -0.39 is 0 Å². The Morgan fingerprint density at radius 1 is 1.53 bits per heavy atom. The summed E-state index contributed by atoms with van der Waals surface area (Å²) in [6, 6.07) is 0. The van der Waals surface area contributed by atoms with Gasteiger partial charge in [0.25, 0.3) is 0 Å². The van der Waals surface area contributed by atoms with Crippen molar-refractivity contribution in [2.24, 2.45) is 0 Å². The summed E-state index contributed by atoms with van der Waals surface area (Å²) in [4.78, 5) is 15.2. The summed E-state index contributed by atoms with van der Waals surface area (Å²) < 4.78 is 4.84. The first-order chi connectivity index (χ1) is 7.22. The monoisotopic (exact) mass is 231 g/mol. The van der Waals surface area contributed by atoms with E-state index in [9.17, 15) is 4.79 Å². The third-order valence-corrected chi connectivity index (χ3v) is 2.06. The van der Waals surface area contributed by atoms with Gasteiger partial charge in [0.05, 0.1) is 6.54 Å². The van der Waals surface area contributed by atoms with Gasteiger partial charge < -0.3 is 9.84 Å². The summed E-state index contributed by atoms with van der Waals surface area (Å²) in [7, 11) is 0. The first kappa shape index (κ1) is 12.0. The number of nitrogens with zero attached hydrogens (tertiary/aromatic N) is 2. The lowest BCUT2D eigenvalue weighted by Crippen LogP contribution is -2.22. The number of alkyl halides is 1. The van der Waals surface area contributed by atoms with E-state index in [1.54, 1.807) is 6.92 Å². The summed E-state index contributed by atoms with van der Waals surface area (Å²) in [6.45, 7) is 2.02.